The molecule has 7 nitrogen and oxygen atoms in total. The topological polar surface area (TPSA) is 78.9 Å². The Morgan fingerprint density at radius 3 is 2.41 bits per heavy atom. The van der Waals surface area contributed by atoms with E-state index in [-0.39, 0.29) is 10.5 Å². The number of aryl methyl sites for hydroxylation is 1. The number of methoxy groups -OCH3 is 1. The molecule has 0 radical (unpaired) electrons. The van der Waals surface area contributed by atoms with E-state index in [1.807, 2.05) is 13.0 Å². The smallest absolute Gasteiger partial charge is 0.258 e. The molecule has 1 saturated carbocycles. The maximum atomic E-state index is 14.6. The summed E-state index contributed by atoms with van der Waals surface area (Å²) in [6.07, 6.45) is 6.10. The maximum Gasteiger partial charge on any atom is 0.258 e. The van der Waals surface area contributed by atoms with Gasteiger partial charge in [-0.2, -0.15) is 4.31 Å². The normalized spacial score (nSPS) is 18.6. The van der Waals surface area contributed by atoms with Crippen LogP contribution in [0.15, 0.2) is 41.3 Å². The van der Waals surface area contributed by atoms with Crippen LogP contribution in [0.3, 0.4) is 0 Å². The van der Waals surface area contributed by atoms with Crippen LogP contribution >= 0.6 is 0 Å². The van der Waals surface area contributed by atoms with Crippen molar-refractivity contribution in [3.8, 4) is 5.75 Å². The minimum absolute atomic E-state index is 0.0821. The van der Waals surface area contributed by atoms with Gasteiger partial charge in [0, 0.05) is 32.2 Å². The summed E-state index contributed by atoms with van der Waals surface area (Å²) in [6.45, 7) is 4.00. The SMILES string of the molecule is COc1ccc(C)cc1NC(=O)c1cc(S(=O)(=O)N2CCN(C3CCCCC3)CC2)ccc1F. The zero-order valence-corrected chi connectivity index (χ0v) is 20.5. The molecular weight excluding hydrogens is 457 g/mol. The van der Waals surface area contributed by atoms with Gasteiger partial charge in [-0.3, -0.25) is 9.69 Å². The summed E-state index contributed by atoms with van der Waals surface area (Å²) in [5.74, 6) is -1.09. The summed E-state index contributed by atoms with van der Waals surface area (Å²) in [5.41, 5.74) is 0.949. The average Bonchev–Trinajstić information content (AvgIpc) is 2.85. The van der Waals surface area contributed by atoms with E-state index in [4.69, 9.17) is 4.74 Å². The summed E-state index contributed by atoms with van der Waals surface area (Å²) < 4.78 is 47.8. The molecule has 184 valence electrons. The van der Waals surface area contributed by atoms with Crippen LogP contribution < -0.4 is 10.1 Å². The van der Waals surface area contributed by atoms with E-state index < -0.39 is 21.7 Å². The largest absolute Gasteiger partial charge is 0.495 e. The predicted molar refractivity (Wildman–Crippen MR) is 129 cm³/mol. The number of ether oxygens (including phenoxy) is 1. The number of rotatable bonds is 6. The lowest BCUT2D eigenvalue weighted by atomic mass is 9.94. The first-order chi connectivity index (χ1) is 16.3. The number of benzene rings is 2. The van der Waals surface area contributed by atoms with Gasteiger partial charge in [0.25, 0.3) is 5.91 Å². The number of nitrogens with one attached hydrogen (secondary N) is 1. The van der Waals surface area contributed by atoms with Crippen LogP contribution in [0, 0.1) is 12.7 Å². The van der Waals surface area contributed by atoms with E-state index in [1.165, 1.54) is 49.6 Å². The van der Waals surface area contributed by atoms with Crippen LogP contribution in [-0.4, -0.2) is 62.9 Å². The summed E-state index contributed by atoms with van der Waals surface area (Å²) >= 11 is 0. The molecule has 9 heteroatoms. The Hall–Kier alpha value is -2.49. The van der Waals surface area contributed by atoms with Gasteiger partial charge in [0.2, 0.25) is 10.0 Å². The average molecular weight is 490 g/mol. The van der Waals surface area contributed by atoms with Crippen LogP contribution in [0.25, 0.3) is 0 Å². The van der Waals surface area contributed by atoms with Gasteiger partial charge in [-0.25, -0.2) is 12.8 Å². The molecule has 2 fully saturated rings. The Balaban J connectivity index is 1.50. The maximum absolute atomic E-state index is 14.6. The summed E-state index contributed by atoms with van der Waals surface area (Å²) in [6, 6.07) is 9.16. The first kappa shape index (κ1) is 24.6. The third-order valence-corrected chi connectivity index (χ3v) is 8.68. The second-order valence-electron chi connectivity index (χ2n) is 9.03. The molecule has 2 aromatic carbocycles. The fourth-order valence-corrected chi connectivity index (χ4v) is 6.30. The fraction of sp³-hybridized carbons (Fsp3) is 0.480. The van der Waals surface area contributed by atoms with E-state index in [2.05, 4.69) is 10.2 Å². The van der Waals surface area contributed by atoms with Gasteiger partial charge >= 0.3 is 0 Å². The molecule has 1 heterocycles. The van der Waals surface area contributed by atoms with E-state index in [0.29, 0.717) is 43.7 Å². The van der Waals surface area contributed by atoms with Crippen molar-refractivity contribution in [3.63, 3.8) is 0 Å². The van der Waals surface area contributed by atoms with Gasteiger partial charge in [0.1, 0.15) is 11.6 Å². The Morgan fingerprint density at radius 1 is 1.03 bits per heavy atom. The molecule has 0 atom stereocenters. The van der Waals surface area contributed by atoms with Crippen molar-refractivity contribution in [2.45, 2.75) is 50.0 Å². The quantitative estimate of drug-likeness (QED) is 0.663. The van der Waals surface area contributed by atoms with Crippen molar-refractivity contribution in [2.24, 2.45) is 0 Å². The minimum atomic E-state index is -3.85. The van der Waals surface area contributed by atoms with Crippen LogP contribution in [0.5, 0.6) is 5.75 Å². The third-order valence-electron chi connectivity index (χ3n) is 6.79. The standard InChI is InChI=1S/C25H32FN3O4S/c1-18-8-11-24(33-2)23(16-18)27-25(30)21-17-20(9-10-22(21)26)34(31,32)29-14-12-28(13-15-29)19-6-4-3-5-7-19/h8-11,16-17,19H,3-7,12-15H2,1-2H3,(H,27,30). The number of hydrogen-bond acceptors (Lipinski definition) is 5. The number of piperazine rings is 1. The zero-order chi connectivity index (χ0) is 24.3. The van der Waals surface area contributed by atoms with Crippen LogP contribution in [0.4, 0.5) is 10.1 Å². The minimum Gasteiger partial charge on any atom is -0.495 e. The van der Waals surface area contributed by atoms with Crippen molar-refractivity contribution in [1.29, 1.82) is 0 Å². The lowest BCUT2D eigenvalue weighted by Crippen LogP contribution is -2.52. The number of sulfonamides is 1. The number of carbonyl (C=O) groups is 1. The second kappa shape index (κ2) is 10.4. The first-order valence-corrected chi connectivity index (χ1v) is 13.2. The predicted octanol–water partition coefficient (Wildman–Crippen LogP) is 4.03. The molecular formula is C25H32FN3O4S. The monoisotopic (exact) mass is 489 g/mol. The molecule has 4 rings (SSSR count). The number of halogens is 1. The van der Waals surface area contributed by atoms with Gasteiger partial charge in [-0.1, -0.05) is 25.3 Å². The number of amides is 1. The highest BCUT2D eigenvalue weighted by atomic mass is 32.2. The molecule has 0 aromatic heterocycles. The molecule has 2 aromatic rings. The Labute approximate surface area is 200 Å². The number of anilines is 1. The summed E-state index contributed by atoms with van der Waals surface area (Å²) in [5, 5.41) is 2.64. The lowest BCUT2D eigenvalue weighted by molar-refractivity contribution is 0.102. The van der Waals surface area contributed by atoms with Gasteiger partial charge in [0.15, 0.2) is 0 Å². The van der Waals surface area contributed by atoms with E-state index in [0.717, 1.165) is 17.7 Å². The van der Waals surface area contributed by atoms with Crippen LogP contribution in [-0.2, 0) is 10.0 Å². The highest BCUT2D eigenvalue weighted by Gasteiger charge is 2.32. The molecule has 0 spiro atoms. The Kier molecular flexibility index (Phi) is 7.54. The van der Waals surface area contributed by atoms with E-state index in [9.17, 15) is 17.6 Å². The molecule has 1 amide bonds. The molecule has 1 aliphatic heterocycles. The van der Waals surface area contributed by atoms with Crippen molar-refractivity contribution >= 4 is 21.6 Å². The summed E-state index contributed by atoms with van der Waals surface area (Å²) in [4.78, 5) is 15.2. The highest BCUT2D eigenvalue weighted by molar-refractivity contribution is 7.89. The molecule has 0 bridgehead atoms. The summed E-state index contributed by atoms with van der Waals surface area (Å²) in [7, 11) is -2.37. The Morgan fingerprint density at radius 2 is 1.74 bits per heavy atom. The van der Waals surface area contributed by atoms with Crippen LogP contribution in [0.2, 0.25) is 0 Å². The van der Waals surface area contributed by atoms with Crippen molar-refractivity contribution < 1.29 is 22.3 Å². The number of nitrogens with zero attached hydrogens (tertiary/aromatic N) is 2. The lowest BCUT2D eigenvalue weighted by Gasteiger charge is -2.40. The first-order valence-electron chi connectivity index (χ1n) is 11.8. The van der Waals surface area contributed by atoms with E-state index in [1.54, 1.807) is 12.1 Å². The third kappa shape index (κ3) is 5.26. The molecule has 34 heavy (non-hydrogen) atoms. The molecule has 1 aliphatic carbocycles. The Bertz CT molecular complexity index is 1140. The van der Waals surface area contributed by atoms with Gasteiger partial charge < -0.3 is 10.1 Å². The number of carbonyl (C=O) groups excluding carboxylic acids is 1. The molecule has 1 N–H and O–H groups in total. The molecule has 1 saturated heterocycles. The fourth-order valence-electron chi connectivity index (χ4n) is 4.85. The van der Waals surface area contributed by atoms with Gasteiger partial charge in [-0.05, 0) is 55.7 Å². The van der Waals surface area contributed by atoms with Gasteiger partial charge in [0.05, 0.1) is 23.3 Å². The molecule has 0 unspecified atom stereocenters. The van der Waals surface area contributed by atoms with Crippen molar-refractivity contribution in [1.82, 2.24) is 9.21 Å². The van der Waals surface area contributed by atoms with Crippen LogP contribution in [0.1, 0.15) is 48.0 Å². The second-order valence-corrected chi connectivity index (χ2v) is 11.0. The van der Waals surface area contributed by atoms with Gasteiger partial charge in [-0.15, -0.1) is 0 Å². The number of hydrogen-bond donors (Lipinski definition) is 1. The van der Waals surface area contributed by atoms with E-state index >= 15 is 0 Å². The molecule has 2 aliphatic rings. The zero-order valence-electron chi connectivity index (χ0n) is 19.7. The highest BCUT2D eigenvalue weighted by Crippen LogP contribution is 2.28. The van der Waals surface area contributed by atoms with Crippen molar-refractivity contribution in [3.05, 3.63) is 53.3 Å². The van der Waals surface area contributed by atoms with Crippen molar-refractivity contribution in [2.75, 3.05) is 38.6 Å².